The second-order valence-corrected chi connectivity index (χ2v) is 7.62. The molecule has 0 aliphatic carbocycles. The number of aromatic nitrogens is 2. The van der Waals surface area contributed by atoms with E-state index in [1.807, 2.05) is 6.07 Å². The van der Waals surface area contributed by atoms with Gasteiger partial charge in [-0.1, -0.05) is 70.5 Å². The Labute approximate surface area is 160 Å². The lowest BCUT2D eigenvalue weighted by Crippen LogP contribution is -2.27. The van der Waals surface area contributed by atoms with Crippen molar-refractivity contribution >= 4 is 32.9 Å². The van der Waals surface area contributed by atoms with E-state index < -0.39 is 0 Å². The highest BCUT2D eigenvalue weighted by molar-refractivity contribution is 9.10. The minimum Gasteiger partial charge on any atom is -0.349 e. The van der Waals surface area contributed by atoms with Crippen molar-refractivity contribution in [2.45, 2.75) is 18.5 Å². The molecule has 4 aromatic rings. The minimum atomic E-state index is 0.234. The third kappa shape index (κ3) is 2.61. The van der Waals surface area contributed by atoms with Crippen LogP contribution in [0.5, 0.6) is 0 Å². The molecule has 2 atom stereocenters. The maximum atomic E-state index is 4.86. The summed E-state index contributed by atoms with van der Waals surface area (Å²) in [5.41, 5.74) is 4.82. The quantitative estimate of drug-likeness (QED) is 0.448. The van der Waals surface area contributed by atoms with Crippen LogP contribution in [0.25, 0.3) is 11.0 Å². The average molecular weight is 404 g/mol. The second-order valence-electron chi connectivity index (χ2n) is 6.70. The molecule has 1 aliphatic rings. The van der Waals surface area contributed by atoms with Gasteiger partial charge in [-0.05, 0) is 41.8 Å². The summed E-state index contributed by atoms with van der Waals surface area (Å²) in [5.74, 6) is 0.944. The Morgan fingerprint density at radius 2 is 1.58 bits per heavy atom. The van der Waals surface area contributed by atoms with E-state index in [2.05, 4.69) is 98.6 Å². The fraction of sp³-hybridized carbons (Fsp3) is 0.136. The Hall–Kier alpha value is -2.59. The fourth-order valence-corrected chi connectivity index (χ4v) is 4.14. The third-order valence-corrected chi connectivity index (χ3v) is 5.66. The van der Waals surface area contributed by atoms with Gasteiger partial charge in [0.1, 0.15) is 0 Å². The van der Waals surface area contributed by atoms with Crippen LogP contribution in [0.3, 0.4) is 0 Å². The Bertz CT molecular complexity index is 1050. The maximum absolute atomic E-state index is 4.86. The van der Waals surface area contributed by atoms with Crippen LogP contribution in [-0.2, 0) is 0 Å². The highest BCUT2D eigenvalue weighted by atomic mass is 79.9. The number of anilines is 1. The Morgan fingerprint density at radius 3 is 2.38 bits per heavy atom. The van der Waals surface area contributed by atoms with Crippen LogP contribution in [0.2, 0.25) is 0 Å². The summed E-state index contributed by atoms with van der Waals surface area (Å²) in [6.07, 6.45) is 0.985. The van der Waals surface area contributed by atoms with Crippen molar-refractivity contribution < 1.29 is 0 Å². The number of hydrogen-bond acceptors (Lipinski definition) is 2. The lowest BCUT2D eigenvalue weighted by Gasteiger charge is -2.33. The molecule has 0 radical (unpaired) electrons. The SMILES string of the molecule is Brc1ccc([C@@H]2C[C@@H](c3ccccc3)n3c(nc4ccccc43)N2)cc1. The van der Waals surface area contributed by atoms with Gasteiger partial charge in [0.15, 0.2) is 0 Å². The summed E-state index contributed by atoms with van der Waals surface area (Å²) in [4.78, 5) is 4.86. The van der Waals surface area contributed by atoms with Gasteiger partial charge in [0, 0.05) is 4.47 Å². The van der Waals surface area contributed by atoms with Gasteiger partial charge in [-0.25, -0.2) is 4.98 Å². The zero-order valence-corrected chi connectivity index (χ0v) is 15.7. The lowest BCUT2D eigenvalue weighted by molar-refractivity contribution is 0.477. The summed E-state index contributed by atoms with van der Waals surface area (Å²) in [7, 11) is 0. The van der Waals surface area contributed by atoms with Crippen molar-refractivity contribution in [1.82, 2.24) is 9.55 Å². The average Bonchev–Trinajstić information content (AvgIpc) is 3.07. The molecule has 1 N–H and O–H groups in total. The third-order valence-electron chi connectivity index (χ3n) is 5.13. The van der Waals surface area contributed by atoms with E-state index in [9.17, 15) is 0 Å². The number of hydrogen-bond donors (Lipinski definition) is 1. The summed E-state index contributed by atoms with van der Waals surface area (Å²) in [5, 5.41) is 3.66. The van der Waals surface area contributed by atoms with Crippen molar-refractivity contribution in [3.8, 4) is 0 Å². The first-order valence-electron chi connectivity index (χ1n) is 8.83. The van der Waals surface area contributed by atoms with E-state index in [1.54, 1.807) is 0 Å². The Kier molecular flexibility index (Phi) is 3.79. The van der Waals surface area contributed by atoms with Gasteiger partial charge in [0.05, 0.1) is 23.1 Å². The number of rotatable bonds is 2. The number of benzene rings is 3. The molecule has 3 aromatic carbocycles. The van der Waals surface area contributed by atoms with Crippen LogP contribution in [0.15, 0.2) is 83.3 Å². The molecule has 5 rings (SSSR count). The standard InChI is InChI=1S/C22H18BrN3/c23-17-12-10-15(11-13-17)19-14-21(16-6-2-1-3-7-16)26-20-9-5-4-8-18(20)24-22(26)25-19/h1-13,19,21H,14H2,(H,24,25)/t19-,21-/m0/s1. The van der Waals surface area contributed by atoms with Crippen LogP contribution in [0.4, 0.5) is 5.95 Å². The molecular formula is C22H18BrN3. The highest BCUT2D eigenvalue weighted by Gasteiger charge is 2.30. The zero-order valence-electron chi connectivity index (χ0n) is 14.1. The second kappa shape index (κ2) is 6.29. The molecule has 1 aromatic heterocycles. The molecule has 1 aliphatic heterocycles. The number of para-hydroxylation sites is 2. The molecule has 0 saturated carbocycles. The van der Waals surface area contributed by atoms with Crippen molar-refractivity contribution in [3.05, 3.63) is 94.5 Å². The van der Waals surface area contributed by atoms with E-state index in [1.165, 1.54) is 16.6 Å². The molecule has 0 unspecified atom stereocenters. The summed E-state index contributed by atoms with van der Waals surface area (Å²) < 4.78 is 3.45. The molecule has 0 spiro atoms. The van der Waals surface area contributed by atoms with Gasteiger partial charge >= 0.3 is 0 Å². The van der Waals surface area contributed by atoms with Gasteiger partial charge in [0.2, 0.25) is 5.95 Å². The van der Waals surface area contributed by atoms with E-state index in [4.69, 9.17) is 4.98 Å². The minimum absolute atomic E-state index is 0.234. The zero-order chi connectivity index (χ0) is 17.5. The fourth-order valence-electron chi connectivity index (χ4n) is 3.88. The summed E-state index contributed by atoms with van der Waals surface area (Å²) in [6, 6.07) is 28.2. The molecule has 0 bridgehead atoms. The Morgan fingerprint density at radius 1 is 0.846 bits per heavy atom. The van der Waals surface area contributed by atoms with E-state index >= 15 is 0 Å². The molecular weight excluding hydrogens is 386 g/mol. The predicted octanol–water partition coefficient (Wildman–Crippen LogP) is 5.95. The number of halogens is 1. The predicted molar refractivity (Wildman–Crippen MR) is 109 cm³/mol. The van der Waals surface area contributed by atoms with Crippen LogP contribution in [0, 0.1) is 0 Å². The van der Waals surface area contributed by atoms with Crippen molar-refractivity contribution in [1.29, 1.82) is 0 Å². The molecule has 26 heavy (non-hydrogen) atoms. The van der Waals surface area contributed by atoms with Crippen LogP contribution < -0.4 is 5.32 Å². The maximum Gasteiger partial charge on any atom is 0.204 e. The van der Waals surface area contributed by atoms with Crippen LogP contribution in [-0.4, -0.2) is 9.55 Å². The number of fused-ring (bicyclic) bond motifs is 3. The molecule has 0 fully saturated rings. The molecule has 3 nitrogen and oxygen atoms in total. The van der Waals surface area contributed by atoms with Gasteiger partial charge in [-0.2, -0.15) is 0 Å². The van der Waals surface area contributed by atoms with Crippen molar-refractivity contribution in [2.24, 2.45) is 0 Å². The Balaban J connectivity index is 1.66. The van der Waals surface area contributed by atoms with Gasteiger partial charge in [0.25, 0.3) is 0 Å². The molecule has 0 saturated heterocycles. The first kappa shape index (κ1) is 15.6. The molecule has 2 heterocycles. The topological polar surface area (TPSA) is 29.9 Å². The van der Waals surface area contributed by atoms with Crippen molar-refractivity contribution in [2.75, 3.05) is 5.32 Å². The number of nitrogens with zero attached hydrogens (tertiary/aromatic N) is 2. The lowest BCUT2D eigenvalue weighted by atomic mass is 9.93. The van der Waals surface area contributed by atoms with E-state index in [-0.39, 0.29) is 12.1 Å². The van der Waals surface area contributed by atoms with E-state index in [0.29, 0.717) is 0 Å². The van der Waals surface area contributed by atoms with E-state index in [0.717, 1.165) is 22.4 Å². The van der Waals surface area contributed by atoms with Crippen molar-refractivity contribution in [3.63, 3.8) is 0 Å². The molecule has 4 heteroatoms. The smallest absolute Gasteiger partial charge is 0.204 e. The first-order valence-corrected chi connectivity index (χ1v) is 9.63. The summed E-state index contributed by atoms with van der Waals surface area (Å²) >= 11 is 3.53. The van der Waals surface area contributed by atoms with Crippen LogP contribution >= 0.6 is 15.9 Å². The first-order chi connectivity index (χ1) is 12.8. The normalized spacial score (nSPS) is 19.1. The van der Waals surface area contributed by atoms with Gasteiger partial charge < -0.3 is 9.88 Å². The summed E-state index contributed by atoms with van der Waals surface area (Å²) in [6.45, 7) is 0. The van der Waals surface area contributed by atoms with Crippen LogP contribution in [0.1, 0.15) is 29.6 Å². The molecule has 0 amide bonds. The molecule has 128 valence electrons. The van der Waals surface area contributed by atoms with Gasteiger partial charge in [-0.15, -0.1) is 0 Å². The monoisotopic (exact) mass is 403 g/mol. The number of imidazole rings is 1. The highest BCUT2D eigenvalue weighted by Crippen LogP contribution is 2.41. The number of nitrogens with one attached hydrogen (secondary N) is 1. The van der Waals surface area contributed by atoms with Gasteiger partial charge in [-0.3, -0.25) is 0 Å². The largest absolute Gasteiger partial charge is 0.349 e.